The number of fused-ring (bicyclic) bond motifs is 1. The highest BCUT2D eigenvalue weighted by Gasteiger charge is 2.26. The molecule has 6 heteroatoms. The van der Waals surface area contributed by atoms with Crippen LogP contribution in [0.5, 0.6) is 0 Å². The molecule has 1 aliphatic carbocycles. The van der Waals surface area contributed by atoms with Crippen LogP contribution in [0.25, 0.3) is 0 Å². The van der Waals surface area contributed by atoms with Gasteiger partial charge in [0.2, 0.25) is 10.0 Å². The molecular formula is C16H22N2O3S. The summed E-state index contributed by atoms with van der Waals surface area (Å²) in [7, 11) is -3.16. The Morgan fingerprint density at radius 1 is 1.00 bits per heavy atom. The van der Waals surface area contributed by atoms with E-state index in [1.54, 1.807) is 4.90 Å². The predicted molar refractivity (Wildman–Crippen MR) is 85.4 cm³/mol. The molecule has 0 atom stereocenters. The predicted octanol–water partition coefficient (Wildman–Crippen LogP) is 1.28. The highest BCUT2D eigenvalue weighted by molar-refractivity contribution is 7.88. The van der Waals surface area contributed by atoms with Gasteiger partial charge in [-0.05, 0) is 48.9 Å². The molecule has 5 nitrogen and oxygen atoms in total. The highest BCUT2D eigenvalue weighted by atomic mass is 32.2. The number of piperazine rings is 1. The van der Waals surface area contributed by atoms with Gasteiger partial charge in [-0.2, -0.15) is 4.31 Å². The maximum absolute atomic E-state index is 12.6. The van der Waals surface area contributed by atoms with Crippen molar-refractivity contribution >= 4 is 15.9 Å². The summed E-state index contributed by atoms with van der Waals surface area (Å²) in [6.45, 7) is 1.69. The minimum Gasteiger partial charge on any atom is -0.336 e. The second-order valence-corrected chi connectivity index (χ2v) is 8.13. The molecule has 1 aromatic rings. The number of benzene rings is 1. The lowest BCUT2D eigenvalue weighted by molar-refractivity contribution is 0.0698. The second kappa shape index (κ2) is 6.01. The van der Waals surface area contributed by atoms with E-state index in [4.69, 9.17) is 0 Å². The van der Waals surface area contributed by atoms with Gasteiger partial charge in [-0.25, -0.2) is 8.42 Å². The number of sulfonamides is 1. The monoisotopic (exact) mass is 322 g/mol. The molecule has 1 heterocycles. The highest BCUT2D eigenvalue weighted by Crippen LogP contribution is 2.23. The molecule has 2 aliphatic rings. The number of nitrogens with zero attached hydrogens (tertiary/aromatic N) is 2. The molecule has 1 fully saturated rings. The lowest BCUT2D eigenvalue weighted by Crippen LogP contribution is -2.50. The second-order valence-electron chi connectivity index (χ2n) is 6.14. The third-order valence-electron chi connectivity index (χ3n) is 4.59. The standard InChI is InChI=1S/C16H22N2O3S/c1-22(20,21)18-10-8-17(9-11-18)16(19)15-7-6-13-4-2-3-5-14(13)12-15/h6-7,12H,2-5,8-11H2,1H3. The van der Waals surface area contributed by atoms with Gasteiger partial charge in [-0.3, -0.25) is 4.79 Å². The van der Waals surface area contributed by atoms with E-state index in [2.05, 4.69) is 6.07 Å². The molecule has 1 aliphatic heterocycles. The van der Waals surface area contributed by atoms with E-state index in [0.717, 1.165) is 18.4 Å². The number of rotatable bonds is 2. The average Bonchev–Trinajstić information content (AvgIpc) is 2.53. The summed E-state index contributed by atoms with van der Waals surface area (Å²) in [6.07, 6.45) is 5.80. The first-order valence-corrected chi connectivity index (χ1v) is 9.66. The third kappa shape index (κ3) is 3.17. The Bertz CT molecular complexity index is 677. The first kappa shape index (κ1) is 15.5. The molecule has 0 unspecified atom stereocenters. The summed E-state index contributed by atoms with van der Waals surface area (Å²) in [6, 6.07) is 6.02. The molecule has 1 aromatic carbocycles. The molecule has 0 saturated carbocycles. The number of aryl methyl sites for hydroxylation is 2. The number of amides is 1. The Kier molecular flexibility index (Phi) is 4.23. The van der Waals surface area contributed by atoms with Gasteiger partial charge in [0.05, 0.1) is 6.26 Å². The van der Waals surface area contributed by atoms with Crippen molar-refractivity contribution in [1.29, 1.82) is 0 Å². The van der Waals surface area contributed by atoms with Crippen molar-refractivity contribution in [3.05, 3.63) is 34.9 Å². The molecule has 0 aromatic heterocycles. The number of carbonyl (C=O) groups is 1. The fourth-order valence-corrected chi connectivity index (χ4v) is 4.10. The topological polar surface area (TPSA) is 57.7 Å². The van der Waals surface area contributed by atoms with E-state index in [-0.39, 0.29) is 5.91 Å². The lowest BCUT2D eigenvalue weighted by Gasteiger charge is -2.33. The van der Waals surface area contributed by atoms with Crippen LogP contribution in [-0.2, 0) is 22.9 Å². The molecular weight excluding hydrogens is 300 g/mol. The normalized spacial score (nSPS) is 19.8. The summed E-state index contributed by atoms with van der Waals surface area (Å²) in [5, 5.41) is 0. The van der Waals surface area contributed by atoms with Gasteiger partial charge in [-0.1, -0.05) is 6.07 Å². The van der Waals surface area contributed by atoms with Crippen LogP contribution in [0.3, 0.4) is 0 Å². The smallest absolute Gasteiger partial charge is 0.253 e. The van der Waals surface area contributed by atoms with Crippen LogP contribution in [0, 0.1) is 0 Å². The Hall–Kier alpha value is -1.40. The summed E-state index contributed by atoms with van der Waals surface area (Å²) in [5.74, 6) is 0.0153. The van der Waals surface area contributed by atoms with Crippen LogP contribution in [0.4, 0.5) is 0 Å². The van der Waals surface area contributed by atoms with Crippen LogP contribution < -0.4 is 0 Å². The molecule has 0 bridgehead atoms. The molecule has 1 amide bonds. The van der Waals surface area contributed by atoms with Crippen LogP contribution in [0.2, 0.25) is 0 Å². The van der Waals surface area contributed by atoms with Gasteiger partial charge in [0, 0.05) is 31.7 Å². The van der Waals surface area contributed by atoms with Crippen molar-refractivity contribution in [1.82, 2.24) is 9.21 Å². The summed E-state index contributed by atoms with van der Waals surface area (Å²) >= 11 is 0. The molecule has 0 N–H and O–H groups in total. The number of hydrogen-bond acceptors (Lipinski definition) is 3. The van der Waals surface area contributed by atoms with Crippen molar-refractivity contribution in [2.75, 3.05) is 32.4 Å². The first-order chi connectivity index (χ1) is 10.4. The fourth-order valence-electron chi connectivity index (χ4n) is 3.27. The van der Waals surface area contributed by atoms with Crippen molar-refractivity contribution < 1.29 is 13.2 Å². The minimum atomic E-state index is -3.16. The van der Waals surface area contributed by atoms with Crippen LogP contribution >= 0.6 is 0 Å². The van der Waals surface area contributed by atoms with E-state index < -0.39 is 10.0 Å². The lowest BCUT2D eigenvalue weighted by atomic mass is 9.90. The molecule has 1 saturated heterocycles. The van der Waals surface area contributed by atoms with E-state index in [9.17, 15) is 13.2 Å². The van der Waals surface area contributed by atoms with Crippen molar-refractivity contribution in [3.63, 3.8) is 0 Å². The number of hydrogen-bond donors (Lipinski definition) is 0. The molecule has 3 rings (SSSR count). The van der Waals surface area contributed by atoms with E-state index in [1.165, 1.54) is 34.5 Å². The molecule has 120 valence electrons. The van der Waals surface area contributed by atoms with Crippen LogP contribution in [-0.4, -0.2) is 56.0 Å². The molecule has 0 radical (unpaired) electrons. The fraction of sp³-hybridized carbons (Fsp3) is 0.562. The zero-order chi connectivity index (χ0) is 15.7. The largest absolute Gasteiger partial charge is 0.336 e. The van der Waals surface area contributed by atoms with E-state index in [1.807, 2.05) is 12.1 Å². The number of carbonyl (C=O) groups excluding carboxylic acids is 1. The Morgan fingerprint density at radius 3 is 2.27 bits per heavy atom. The van der Waals surface area contributed by atoms with Crippen LogP contribution in [0.1, 0.15) is 34.3 Å². The third-order valence-corrected chi connectivity index (χ3v) is 5.89. The Balaban J connectivity index is 1.70. The average molecular weight is 322 g/mol. The maximum Gasteiger partial charge on any atom is 0.253 e. The Morgan fingerprint density at radius 2 is 1.64 bits per heavy atom. The minimum absolute atomic E-state index is 0.0153. The van der Waals surface area contributed by atoms with E-state index in [0.29, 0.717) is 26.2 Å². The van der Waals surface area contributed by atoms with Gasteiger partial charge in [-0.15, -0.1) is 0 Å². The van der Waals surface area contributed by atoms with E-state index >= 15 is 0 Å². The SMILES string of the molecule is CS(=O)(=O)N1CCN(C(=O)c2ccc3c(c2)CCCC3)CC1. The van der Waals surface area contributed by atoms with Gasteiger partial charge in [0.25, 0.3) is 5.91 Å². The van der Waals surface area contributed by atoms with Crippen LogP contribution in [0.15, 0.2) is 18.2 Å². The first-order valence-electron chi connectivity index (χ1n) is 7.81. The quantitative estimate of drug-likeness (QED) is 0.824. The summed E-state index contributed by atoms with van der Waals surface area (Å²) in [4.78, 5) is 14.4. The summed E-state index contributed by atoms with van der Waals surface area (Å²) in [5.41, 5.74) is 3.39. The maximum atomic E-state index is 12.6. The zero-order valence-corrected chi connectivity index (χ0v) is 13.7. The van der Waals surface area contributed by atoms with Crippen molar-refractivity contribution in [2.45, 2.75) is 25.7 Å². The molecule has 0 spiro atoms. The van der Waals surface area contributed by atoms with Crippen molar-refractivity contribution in [3.8, 4) is 0 Å². The van der Waals surface area contributed by atoms with Gasteiger partial charge in [0.1, 0.15) is 0 Å². The summed E-state index contributed by atoms with van der Waals surface area (Å²) < 4.78 is 24.5. The zero-order valence-electron chi connectivity index (χ0n) is 12.9. The Labute approximate surface area is 132 Å². The van der Waals surface area contributed by atoms with Gasteiger partial charge >= 0.3 is 0 Å². The molecule has 22 heavy (non-hydrogen) atoms. The van der Waals surface area contributed by atoms with Gasteiger partial charge in [0.15, 0.2) is 0 Å². The van der Waals surface area contributed by atoms with Gasteiger partial charge < -0.3 is 4.90 Å². The van der Waals surface area contributed by atoms with Crippen molar-refractivity contribution in [2.24, 2.45) is 0 Å².